The average molecular weight is 283 g/mol. The molecule has 0 aromatic heterocycles. The summed E-state index contributed by atoms with van der Waals surface area (Å²) in [7, 11) is 3.37. The van der Waals surface area contributed by atoms with Gasteiger partial charge in [0.25, 0.3) is 0 Å². The molecule has 0 saturated carbocycles. The standard InChI is InChI=1S/C18H21NO2/c1-12-18(13-7-5-4-6-8-13)15-10-17(21-3)16(20-2)9-14(15)11-19-12/h4-10,12,18-19H,11H2,1-3H3. The molecule has 1 heterocycles. The van der Waals surface area contributed by atoms with Crippen LogP contribution in [0.25, 0.3) is 0 Å². The SMILES string of the molecule is COc1cc2c(cc1OC)C(c1ccccc1)C(C)NC2. The van der Waals surface area contributed by atoms with Crippen molar-refractivity contribution >= 4 is 0 Å². The van der Waals surface area contributed by atoms with Gasteiger partial charge in [0.15, 0.2) is 11.5 Å². The fraction of sp³-hybridized carbons (Fsp3) is 0.333. The summed E-state index contributed by atoms with van der Waals surface area (Å²) in [6.07, 6.45) is 0. The van der Waals surface area contributed by atoms with E-state index in [0.29, 0.717) is 12.0 Å². The summed E-state index contributed by atoms with van der Waals surface area (Å²) in [6, 6.07) is 15.2. The first-order valence-electron chi connectivity index (χ1n) is 7.27. The first-order chi connectivity index (χ1) is 10.2. The molecule has 3 nitrogen and oxygen atoms in total. The van der Waals surface area contributed by atoms with Crippen molar-refractivity contribution in [2.45, 2.75) is 25.4 Å². The predicted molar refractivity (Wildman–Crippen MR) is 84.1 cm³/mol. The van der Waals surface area contributed by atoms with Gasteiger partial charge in [0, 0.05) is 18.5 Å². The lowest BCUT2D eigenvalue weighted by Gasteiger charge is -2.33. The maximum Gasteiger partial charge on any atom is 0.161 e. The molecule has 0 saturated heterocycles. The lowest BCUT2D eigenvalue weighted by Crippen LogP contribution is -2.37. The first kappa shape index (κ1) is 14.0. The maximum absolute atomic E-state index is 5.48. The van der Waals surface area contributed by atoms with Crippen LogP contribution in [0.2, 0.25) is 0 Å². The fourth-order valence-electron chi connectivity index (χ4n) is 3.17. The van der Waals surface area contributed by atoms with Gasteiger partial charge in [-0.1, -0.05) is 30.3 Å². The zero-order chi connectivity index (χ0) is 14.8. The maximum atomic E-state index is 5.48. The molecule has 2 atom stereocenters. The van der Waals surface area contributed by atoms with Crippen LogP contribution in [0.3, 0.4) is 0 Å². The molecule has 3 rings (SSSR count). The van der Waals surface area contributed by atoms with Crippen LogP contribution < -0.4 is 14.8 Å². The second kappa shape index (κ2) is 5.78. The summed E-state index contributed by atoms with van der Waals surface area (Å²) in [5.74, 6) is 1.92. The van der Waals surface area contributed by atoms with Crippen LogP contribution in [-0.4, -0.2) is 20.3 Å². The van der Waals surface area contributed by atoms with E-state index in [2.05, 4.69) is 54.7 Å². The van der Waals surface area contributed by atoms with Crippen molar-refractivity contribution in [1.82, 2.24) is 5.32 Å². The Balaban J connectivity index is 2.13. The first-order valence-corrected chi connectivity index (χ1v) is 7.27. The second-order valence-electron chi connectivity index (χ2n) is 5.46. The largest absolute Gasteiger partial charge is 0.493 e. The van der Waals surface area contributed by atoms with Crippen molar-refractivity contribution in [1.29, 1.82) is 0 Å². The summed E-state index contributed by atoms with van der Waals surface area (Å²) in [4.78, 5) is 0. The monoisotopic (exact) mass is 283 g/mol. The minimum Gasteiger partial charge on any atom is -0.493 e. The molecule has 3 heteroatoms. The fourth-order valence-corrected chi connectivity index (χ4v) is 3.17. The molecule has 1 aliphatic heterocycles. The smallest absolute Gasteiger partial charge is 0.161 e. The number of rotatable bonds is 3. The van der Waals surface area contributed by atoms with Gasteiger partial charge in [-0.25, -0.2) is 0 Å². The van der Waals surface area contributed by atoms with Gasteiger partial charge in [-0.3, -0.25) is 0 Å². The summed E-state index contributed by atoms with van der Waals surface area (Å²) < 4.78 is 10.9. The van der Waals surface area contributed by atoms with Gasteiger partial charge in [0.05, 0.1) is 14.2 Å². The third-order valence-electron chi connectivity index (χ3n) is 4.25. The molecule has 1 aliphatic rings. The molecular weight excluding hydrogens is 262 g/mol. The second-order valence-corrected chi connectivity index (χ2v) is 5.46. The predicted octanol–water partition coefficient (Wildman–Crippen LogP) is 3.33. The van der Waals surface area contributed by atoms with Crippen molar-refractivity contribution in [3.63, 3.8) is 0 Å². The number of hydrogen-bond acceptors (Lipinski definition) is 3. The van der Waals surface area contributed by atoms with Gasteiger partial charge in [0.2, 0.25) is 0 Å². The molecule has 2 aromatic carbocycles. The van der Waals surface area contributed by atoms with E-state index in [-0.39, 0.29) is 0 Å². The molecule has 0 fully saturated rings. The van der Waals surface area contributed by atoms with E-state index in [1.54, 1.807) is 14.2 Å². The minimum absolute atomic E-state index is 0.328. The van der Waals surface area contributed by atoms with Crippen LogP contribution in [0.4, 0.5) is 0 Å². The molecule has 21 heavy (non-hydrogen) atoms. The van der Waals surface area contributed by atoms with Crippen molar-refractivity contribution in [2.24, 2.45) is 0 Å². The average Bonchev–Trinajstić information content (AvgIpc) is 2.54. The van der Waals surface area contributed by atoms with Gasteiger partial charge in [-0.05, 0) is 35.7 Å². The van der Waals surface area contributed by atoms with Crippen LogP contribution in [0.15, 0.2) is 42.5 Å². The zero-order valence-corrected chi connectivity index (χ0v) is 12.7. The molecule has 1 N–H and O–H groups in total. The Bertz CT molecular complexity index is 625. The number of hydrogen-bond donors (Lipinski definition) is 1. The van der Waals surface area contributed by atoms with Crippen molar-refractivity contribution < 1.29 is 9.47 Å². The molecule has 0 bridgehead atoms. The van der Waals surface area contributed by atoms with Gasteiger partial charge >= 0.3 is 0 Å². The summed E-state index contributed by atoms with van der Waals surface area (Å²) in [5.41, 5.74) is 3.93. The van der Waals surface area contributed by atoms with Gasteiger partial charge < -0.3 is 14.8 Å². The molecule has 2 aromatic rings. The molecule has 0 amide bonds. The van der Waals surface area contributed by atoms with Crippen LogP contribution in [0.5, 0.6) is 11.5 Å². The highest BCUT2D eigenvalue weighted by Crippen LogP contribution is 2.39. The highest BCUT2D eigenvalue weighted by Gasteiger charge is 2.29. The van der Waals surface area contributed by atoms with E-state index in [1.165, 1.54) is 16.7 Å². The Morgan fingerprint density at radius 2 is 1.67 bits per heavy atom. The van der Waals surface area contributed by atoms with Crippen molar-refractivity contribution in [2.75, 3.05) is 14.2 Å². The Hall–Kier alpha value is -2.00. The van der Waals surface area contributed by atoms with Gasteiger partial charge in [-0.2, -0.15) is 0 Å². The summed E-state index contributed by atoms with van der Waals surface area (Å²) >= 11 is 0. The van der Waals surface area contributed by atoms with Crippen molar-refractivity contribution in [3.8, 4) is 11.5 Å². The Labute approximate surface area is 125 Å². The molecular formula is C18H21NO2. The number of methoxy groups -OCH3 is 2. The lowest BCUT2D eigenvalue weighted by atomic mass is 9.80. The summed E-state index contributed by atoms with van der Waals surface area (Å²) in [6.45, 7) is 3.09. The Kier molecular flexibility index (Phi) is 3.84. The number of nitrogens with one attached hydrogen (secondary N) is 1. The van der Waals surface area contributed by atoms with E-state index in [9.17, 15) is 0 Å². The number of benzene rings is 2. The highest BCUT2D eigenvalue weighted by atomic mass is 16.5. The summed E-state index contributed by atoms with van der Waals surface area (Å²) in [5, 5.41) is 3.58. The van der Waals surface area contributed by atoms with E-state index < -0.39 is 0 Å². The third kappa shape index (κ3) is 2.49. The van der Waals surface area contributed by atoms with Crippen LogP contribution in [0, 0.1) is 0 Å². The third-order valence-corrected chi connectivity index (χ3v) is 4.25. The Morgan fingerprint density at radius 3 is 2.33 bits per heavy atom. The van der Waals surface area contributed by atoms with Gasteiger partial charge in [0.1, 0.15) is 0 Å². The molecule has 0 radical (unpaired) electrons. The Morgan fingerprint density at radius 1 is 1.00 bits per heavy atom. The number of ether oxygens (including phenoxy) is 2. The topological polar surface area (TPSA) is 30.5 Å². The molecule has 110 valence electrons. The van der Waals surface area contributed by atoms with E-state index in [0.717, 1.165) is 18.0 Å². The molecule has 0 spiro atoms. The van der Waals surface area contributed by atoms with E-state index >= 15 is 0 Å². The normalized spacial score (nSPS) is 20.7. The van der Waals surface area contributed by atoms with E-state index in [1.807, 2.05) is 0 Å². The zero-order valence-electron chi connectivity index (χ0n) is 12.7. The quantitative estimate of drug-likeness (QED) is 0.937. The van der Waals surface area contributed by atoms with Crippen LogP contribution in [-0.2, 0) is 6.54 Å². The highest BCUT2D eigenvalue weighted by molar-refractivity contribution is 5.52. The van der Waals surface area contributed by atoms with Gasteiger partial charge in [-0.15, -0.1) is 0 Å². The van der Waals surface area contributed by atoms with Crippen molar-refractivity contribution in [3.05, 3.63) is 59.2 Å². The van der Waals surface area contributed by atoms with E-state index in [4.69, 9.17) is 9.47 Å². The van der Waals surface area contributed by atoms with Crippen LogP contribution >= 0.6 is 0 Å². The number of fused-ring (bicyclic) bond motifs is 1. The molecule has 2 unspecified atom stereocenters. The minimum atomic E-state index is 0.328. The molecule has 0 aliphatic carbocycles. The van der Waals surface area contributed by atoms with Crippen LogP contribution in [0.1, 0.15) is 29.5 Å². The lowest BCUT2D eigenvalue weighted by molar-refractivity contribution is 0.351.